The molecule has 0 radical (unpaired) electrons. The molecule has 1 aliphatic rings. The summed E-state index contributed by atoms with van der Waals surface area (Å²) in [7, 11) is 1.64. The molecule has 1 aromatic carbocycles. The van der Waals surface area contributed by atoms with E-state index >= 15 is 0 Å². The Morgan fingerprint density at radius 2 is 2.14 bits per heavy atom. The SMILES string of the molecule is C/C=C\S/C(=C\C)c1cc(OCCOC)c2cc(NC(=O)C3COC3)ccc2n1. The van der Waals surface area contributed by atoms with Crippen LogP contribution in [-0.2, 0) is 14.3 Å². The van der Waals surface area contributed by atoms with Crippen LogP contribution in [0.15, 0.2) is 41.8 Å². The van der Waals surface area contributed by atoms with Crippen molar-refractivity contribution in [2.75, 3.05) is 38.9 Å². The van der Waals surface area contributed by atoms with Gasteiger partial charge in [-0.15, -0.1) is 0 Å². The Morgan fingerprint density at radius 3 is 2.79 bits per heavy atom. The summed E-state index contributed by atoms with van der Waals surface area (Å²) in [5.41, 5.74) is 2.37. The Labute approximate surface area is 175 Å². The minimum Gasteiger partial charge on any atom is -0.490 e. The minimum atomic E-state index is -0.0792. The number of fused-ring (bicyclic) bond motifs is 1. The fourth-order valence-electron chi connectivity index (χ4n) is 2.80. The van der Waals surface area contributed by atoms with Gasteiger partial charge in [-0.1, -0.05) is 23.9 Å². The normalized spacial score (nSPS) is 14.9. The van der Waals surface area contributed by atoms with Gasteiger partial charge in [-0.2, -0.15) is 0 Å². The topological polar surface area (TPSA) is 69.7 Å². The number of nitrogens with zero attached hydrogens (tertiary/aromatic N) is 1. The molecule has 1 saturated heterocycles. The Hall–Kier alpha value is -2.35. The Bertz CT molecular complexity index is 922. The first kappa shape index (κ1) is 21.4. The third-order valence-corrected chi connectivity index (χ3v) is 5.54. The van der Waals surface area contributed by atoms with Crippen molar-refractivity contribution < 1.29 is 19.0 Å². The second-order valence-electron chi connectivity index (χ2n) is 6.54. The van der Waals surface area contributed by atoms with Gasteiger partial charge in [0.2, 0.25) is 5.91 Å². The van der Waals surface area contributed by atoms with Crippen LogP contribution in [0.4, 0.5) is 5.69 Å². The molecule has 7 heteroatoms. The average molecular weight is 415 g/mol. The van der Waals surface area contributed by atoms with E-state index in [-0.39, 0.29) is 11.8 Å². The second kappa shape index (κ2) is 10.4. The summed E-state index contributed by atoms with van der Waals surface area (Å²) in [4.78, 5) is 18.1. The molecule has 3 rings (SSSR count). The number of hydrogen-bond donors (Lipinski definition) is 1. The van der Waals surface area contributed by atoms with Crippen LogP contribution in [0.2, 0.25) is 0 Å². The molecule has 2 heterocycles. The fourth-order valence-corrected chi connectivity index (χ4v) is 3.45. The number of anilines is 1. The van der Waals surface area contributed by atoms with Crippen LogP contribution in [0.1, 0.15) is 19.5 Å². The zero-order valence-electron chi connectivity index (χ0n) is 16.9. The molecule has 1 aliphatic heterocycles. The van der Waals surface area contributed by atoms with Crippen LogP contribution in [-0.4, -0.2) is 44.4 Å². The molecule has 1 amide bonds. The zero-order chi connectivity index (χ0) is 20.6. The van der Waals surface area contributed by atoms with E-state index in [9.17, 15) is 4.79 Å². The van der Waals surface area contributed by atoms with E-state index in [0.717, 1.165) is 27.2 Å². The number of amides is 1. The lowest BCUT2D eigenvalue weighted by molar-refractivity contribution is -0.133. The molecule has 29 heavy (non-hydrogen) atoms. The van der Waals surface area contributed by atoms with Crippen LogP contribution < -0.4 is 10.1 Å². The van der Waals surface area contributed by atoms with Crippen molar-refractivity contribution in [2.24, 2.45) is 5.92 Å². The number of ether oxygens (including phenoxy) is 3. The molecule has 1 N–H and O–H groups in total. The molecule has 0 spiro atoms. The summed E-state index contributed by atoms with van der Waals surface area (Å²) in [6.45, 7) is 5.85. The molecule has 1 fully saturated rings. The van der Waals surface area contributed by atoms with Gasteiger partial charge in [0.15, 0.2) is 0 Å². The van der Waals surface area contributed by atoms with Crippen molar-refractivity contribution in [3.8, 4) is 5.75 Å². The molecule has 0 unspecified atom stereocenters. The maximum absolute atomic E-state index is 12.2. The summed E-state index contributed by atoms with van der Waals surface area (Å²) in [5, 5.41) is 5.82. The van der Waals surface area contributed by atoms with E-state index in [1.165, 1.54) is 0 Å². The maximum atomic E-state index is 12.2. The number of allylic oxidation sites excluding steroid dienone is 2. The van der Waals surface area contributed by atoms with Crippen molar-refractivity contribution in [3.05, 3.63) is 47.5 Å². The molecule has 2 aromatic rings. The lowest BCUT2D eigenvalue weighted by Crippen LogP contribution is -2.38. The first-order valence-corrected chi connectivity index (χ1v) is 10.4. The Morgan fingerprint density at radius 1 is 1.31 bits per heavy atom. The molecule has 0 bridgehead atoms. The molecule has 0 saturated carbocycles. The van der Waals surface area contributed by atoms with Gasteiger partial charge >= 0.3 is 0 Å². The smallest absolute Gasteiger partial charge is 0.232 e. The van der Waals surface area contributed by atoms with Crippen molar-refractivity contribution in [2.45, 2.75) is 13.8 Å². The Kier molecular flexibility index (Phi) is 7.69. The first-order valence-electron chi connectivity index (χ1n) is 9.56. The van der Waals surface area contributed by atoms with Gasteiger partial charge in [0.1, 0.15) is 12.4 Å². The first-order chi connectivity index (χ1) is 14.2. The van der Waals surface area contributed by atoms with Crippen LogP contribution in [0.25, 0.3) is 15.8 Å². The minimum absolute atomic E-state index is 0.0269. The van der Waals surface area contributed by atoms with Gasteiger partial charge in [0.05, 0.1) is 36.9 Å². The van der Waals surface area contributed by atoms with Crippen molar-refractivity contribution in [3.63, 3.8) is 0 Å². The summed E-state index contributed by atoms with van der Waals surface area (Å²) < 4.78 is 16.2. The summed E-state index contributed by atoms with van der Waals surface area (Å²) in [6.07, 6.45) is 4.03. The van der Waals surface area contributed by atoms with E-state index in [1.807, 2.05) is 55.7 Å². The molecule has 154 valence electrons. The predicted octanol–water partition coefficient (Wildman–Crippen LogP) is 4.47. The van der Waals surface area contributed by atoms with Gasteiger partial charge in [-0.05, 0) is 37.5 Å². The van der Waals surface area contributed by atoms with E-state index in [2.05, 4.69) is 5.32 Å². The van der Waals surface area contributed by atoms with Crippen LogP contribution in [0, 0.1) is 5.92 Å². The molecule has 0 atom stereocenters. The van der Waals surface area contributed by atoms with Gasteiger partial charge in [-0.25, -0.2) is 4.98 Å². The van der Waals surface area contributed by atoms with Gasteiger partial charge < -0.3 is 19.5 Å². The number of aromatic nitrogens is 1. The molecule has 1 aromatic heterocycles. The second-order valence-corrected chi connectivity index (χ2v) is 7.49. The Balaban J connectivity index is 1.95. The number of carbonyl (C=O) groups is 1. The largest absolute Gasteiger partial charge is 0.490 e. The fraction of sp³-hybridized carbons (Fsp3) is 0.364. The van der Waals surface area contributed by atoms with Crippen LogP contribution in [0.5, 0.6) is 5.75 Å². The highest BCUT2D eigenvalue weighted by molar-refractivity contribution is 8.10. The maximum Gasteiger partial charge on any atom is 0.232 e. The highest BCUT2D eigenvalue weighted by atomic mass is 32.2. The zero-order valence-corrected chi connectivity index (χ0v) is 17.8. The lowest BCUT2D eigenvalue weighted by atomic mass is 10.1. The van der Waals surface area contributed by atoms with Crippen LogP contribution >= 0.6 is 11.8 Å². The number of nitrogens with one attached hydrogen (secondary N) is 1. The van der Waals surface area contributed by atoms with Crippen LogP contribution in [0.3, 0.4) is 0 Å². The predicted molar refractivity (Wildman–Crippen MR) is 118 cm³/mol. The number of pyridine rings is 1. The number of carbonyl (C=O) groups excluding carboxylic acids is 1. The average Bonchev–Trinajstić information content (AvgIpc) is 2.67. The number of thioether (sulfide) groups is 1. The standard InChI is InChI=1S/C22H26N2O4S/c1-4-10-29-21(5-2)19-12-20(28-9-8-26-3)17-11-16(6-7-18(17)24-19)23-22(25)15-13-27-14-15/h4-7,10-12,15H,8-9,13-14H2,1-3H3,(H,23,25)/b10-4-,21-5-. The van der Waals surface area contributed by atoms with Crippen molar-refractivity contribution >= 4 is 39.2 Å². The molecule has 6 nitrogen and oxygen atoms in total. The monoisotopic (exact) mass is 414 g/mol. The molecule has 0 aliphatic carbocycles. The highest BCUT2D eigenvalue weighted by Gasteiger charge is 2.26. The highest BCUT2D eigenvalue weighted by Crippen LogP contribution is 2.34. The number of hydrogen-bond acceptors (Lipinski definition) is 6. The number of benzene rings is 1. The number of rotatable bonds is 9. The van der Waals surface area contributed by atoms with Crippen molar-refractivity contribution in [1.29, 1.82) is 0 Å². The third-order valence-electron chi connectivity index (χ3n) is 4.44. The van der Waals surface area contributed by atoms with E-state index < -0.39 is 0 Å². The third kappa shape index (κ3) is 5.38. The summed E-state index contributed by atoms with van der Waals surface area (Å²) in [6, 6.07) is 7.61. The summed E-state index contributed by atoms with van der Waals surface area (Å²) >= 11 is 1.61. The van der Waals surface area contributed by atoms with Gasteiger partial charge in [-0.3, -0.25) is 4.79 Å². The number of methoxy groups -OCH3 is 1. The van der Waals surface area contributed by atoms with Gasteiger partial charge in [0, 0.05) is 29.2 Å². The van der Waals surface area contributed by atoms with E-state index in [1.54, 1.807) is 18.9 Å². The van der Waals surface area contributed by atoms with E-state index in [0.29, 0.717) is 32.2 Å². The van der Waals surface area contributed by atoms with Crippen molar-refractivity contribution in [1.82, 2.24) is 4.98 Å². The van der Waals surface area contributed by atoms with Gasteiger partial charge in [0.25, 0.3) is 0 Å². The molecular weight excluding hydrogens is 388 g/mol. The van der Waals surface area contributed by atoms with E-state index in [4.69, 9.17) is 19.2 Å². The molecular formula is C22H26N2O4S. The quantitative estimate of drug-likeness (QED) is 0.611. The summed E-state index contributed by atoms with van der Waals surface area (Å²) in [5.74, 6) is 0.607. The lowest BCUT2D eigenvalue weighted by Gasteiger charge is -2.24.